The first kappa shape index (κ1) is 17.1. The van der Waals surface area contributed by atoms with E-state index in [0.717, 1.165) is 11.3 Å². The Labute approximate surface area is 147 Å². The van der Waals surface area contributed by atoms with Gasteiger partial charge in [0.2, 0.25) is 15.9 Å². The molecule has 2 atom stereocenters. The summed E-state index contributed by atoms with van der Waals surface area (Å²) in [5.41, 5.74) is 0. The van der Waals surface area contributed by atoms with Crippen LogP contribution < -0.4 is 0 Å². The van der Waals surface area contributed by atoms with Crippen LogP contribution in [-0.4, -0.2) is 42.6 Å². The van der Waals surface area contributed by atoms with E-state index in [2.05, 4.69) is 10.1 Å². The number of halogens is 2. The molecule has 0 radical (unpaired) electrons. The van der Waals surface area contributed by atoms with Crippen molar-refractivity contribution in [2.24, 2.45) is 0 Å². The van der Waals surface area contributed by atoms with Gasteiger partial charge in [-0.2, -0.15) is 9.29 Å². The van der Waals surface area contributed by atoms with E-state index in [1.165, 1.54) is 17.5 Å². The highest BCUT2D eigenvalue weighted by molar-refractivity contribution is 7.89. The van der Waals surface area contributed by atoms with Crippen molar-refractivity contribution in [2.45, 2.75) is 30.4 Å². The number of sulfonamides is 1. The fourth-order valence-electron chi connectivity index (χ4n) is 2.51. The number of aromatic nitrogens is 2. The van der Waals surface area contributed by atoms with Gasteiger partial charge >= 0.3 is 0 Å². The van der Waals surface area contributed by atoms with Crippen LogP contribution in [0.15, 0.2) is 15.5 Å². The lowest BCUT2D eigenvalue weighted by Crippen LogP contribution is -2.32. The van der Waals surface area contributed by atoms with E-state index in [-0.39, 0.29) is 27.8 Å². The molecule has 0 unspecified atom stereocenters. The summed E-state index contributed by atoms with van der Waals surface area (Å²) < 4.78 is 38.1. The summed E-state index contributed by atoms with van der Waals surface area (Å²) in [7, 11) is -2.33. The van der Waals surface area contributed by atoms with Gasteiger partial charge in [0.15, 0.2) is 5.82 Å². The number of rotatable bonds is 4. The Kier molecular flexibility index (Phi) is 4.69. The standard InChI is InChI=1S/C12H13Cl2N3O4S2/c1-6-15-12(21-16-6)8-3-7(20-2)5-17(8)23(18,19)9-4-10(13)22-11(9)14/h4,7-8H,3,5H2,1-2H3/t7-,8+/m0/s1. The molecule has 1 aliphatic rings. The highest BCUT2D eigenvalue weighted by Crippen LogP contribution is 2.41. The molecule has 11 heteroatoms. The van der Waals surface area contributed by atoms with Gasteiger partial charge in [0.25, 0.3) is 0 Å². The first-order chi connectivity index (χ1) is 10.8. The van der Waals surface area contributed by atoms with Gasteiger partial charge in [0.1, 0.15) is 15.3 Å². The quantitative estimate of drug-likeness (QED) is 0.787. The second-order valence-corrected chi connectivity index (χ2v) is 9.20. The van der Waals surface area contributed by atoms with Crippen LogP contribution in [-0.2, 0) is 14.8 Å². The van der Waals surface area contributed by atoms with Gasteiger partial charge in [-0.05, 0) is 13.0 Å². The van der Waals surface area contributed by atoms with Crippen LogP contribution in [0, 0.1) is 6.92 Å². The van der Waals surface area contributed by atoms with Gasteiger partial charge in [0.05, 0.1) is 10.4 Å². The van der Waals surface area contributed by atoms with Crippen molar-refractivity contribution in [3.8, 4) is 0 Å². The number of thiophene rings is 1. The molecule has 3 heterocycles. The van der Waals surface area contributed by atoms with E-state index in [9.17, 15) is 8.42 Å². The van der Waals surface area contributed by atoms with Crippen LogP contribution in [0.1, 0.15) is 24.2 Å². The minimum Gasteiger partial charge on any atom is -0.380 e. The summed E-state index contributed by atoms with van der Waals surface area (Å²) in [6.45, 7) is 1.85. The van der Waals surface area contributed by atoms with E-state index in [4.69, 9.17) is 32.5 Å². The van der Waals surface area contributed by atoms with Crippen LogP contribution in [0.3, 0.4) is 0 Å². The lowest BCUT2D eigenvalue weighted by Gasteiger charge is -2.20. The summed E-state index contributed by atoms with van der Waals surface area (Å²) in [6, 6.07) is 0.751. The molecular formula is C12H13Cl2N3O4S2. The average molecular weight is 398 g/mol. The summed E-state index contributed by atoms with van der Waals surface area (Å²) in [6.07, 6.45) is 0.155. The van der Waals surface area contributed by atoms with Crippen molar-refractivity contribution in [3.05, 3.63) is 26.5 Å². The molecule has 126 valence electrons. The van der Waals surface area contributed by atoms with Crippen LogP contribution in [0.4, 0.5) is 0 Å². The number of methoxy groups -OCH3 is 1. The fraction of sp³-hybridized carbons (Fsp3) is 0.500. The monoisotopic (exact) mass is 397 g/mol. The minimum atomic E-state index is -3.86. The van der Waals surface area contributed by atoms with Crippen molar-refractivity contribution in [1.82, 2.24) is 14.4 Å². The van der Waals surface area contributed by atoms with Crippen LogP contribution in [0.2, 0.25) is 8.67 Å². The highest BCUT2D eigenvalue weighted by Gasteiger charge is 2.45. The normalized spacial score (nSPS) is 22.8. The maximum absolute atomic E-state index is 13.0. The number of ether oxygens (including phenoxy) is 1. The molecule has 3 rings (SSSR count). The Morgan fingerprint density at radius 1 is 1.48 bits per heavy atom. The predicted octanol–water partition coefficient (Wildman–Crippen LogP) is 2.90. The molecule has 2 aromatic rings. The average Bonchev–Trinajstić information content (AvgIpc) is 3.17. The first-order valence-electron chi connectivity index (χ1n) is 6.62. The summed E-state index contributed by atoms with van der Waals surface area (Å²) in [5.74, 6) is 0.679. The van der Waals surface area contributed by atoms with Crippen molar-refractivity contribution >= 4 is 44.6 Å². The molecule has 0 amide bonds. The molecule has 2 aromatic heterocycles. The van der Waals surface area contributed by atoms with Gasteiger partial charge in [-0.1, -0.05) is 28.4 Å². The second-order valence-electron chi connectivity index (χ2n) is 5.05. The zero-order valence-electron chi connectivity index (χ0n) is 12.2. The Balaban J connectivity index is 2.02. The zero-order chi connectivity index (χ0) is 16.8. The van der Waals surface area contributed by atoms with E-state index in [0.29, 0.717) is 16.6 Å². The SMILES string of the molecule is CO[C@H]1C[C@H](c2nc(C)no2)N(S(=O)(=O)c2cc(Cl)sc2Cl)C1. The Morgan fingerprint density at radius 2 is 2.22 bits per heavy atom. The predicted molar refractivity (Wildman–Crippen MR) is 85.4 cm³/mol. The van der Waals surface area contributed by atoms with E-state index in [1.807, 2.05) is 0 Å². The van der Waals surface area contributed by atoms with Gasteiger partial charge in [0, 0.05) is 20.1 Å². The third-order valence-electron chi connectivity index (χ3n) is 3.59. The first-order valence-corrected chi connectivity index (χ1v) is 9.64. The fourth-order valence-corrected chi connectivity index (χ4v) is 6.24. The molecule has 23 heavy (non-hydrogen) atoms. The molecular weight excluding hydrogens is 385 g/mol. The summed E-state index contributed by atoms with van der Waals surface area (Å²) in [5, 5.41) is 3.73. The van der Waals surface area contributed by atoms with Gasteiger partial charge < -0.3 is 9.26 Å². The molecule has 0 aromatic carbocycles. The Morgan fingerprint density at radius 3 is 2.74 bits per heavy atom. The van der Waals surface area contributed by atoms with E-state index < -0.39 is 16.1 Å². The smallest absolute Gasteiger partial charge is 0.246 e. The van der Waals surface area contributed by atoms with Crippen LogP contribution >= 0.6 is 34.5 Å². The number of aryl methyl sites for hydroxylation is 1. The molecule has 1 saturated heterocycles. The zero-order valence-corrected chi connectivity index (χ0v) is 15.3. The van der Waals surface area contributed by atoms with Crippen molar-refractivity contribution in [1.29, 1.82) is 0 Å². The molecule has 0 saturated carbocycles. The van der Waals surface area contributed by atoms with E-state index in [1.54, 1.807) is 6.92 Å². The van der Waals surface area contributed by atoms with Gasteiger partial charge in [-0.3, -0.25) is 0 Å². The second kappa shape index (κ2) is 6.30. The molecule has 1 fully saturated rings. The van der Waals surface area contributed by atoms with Gasteiger partial charge in [-0.25, -0.2) is 8.42 Å². The lowest BCUT2D eigenvalue weighted by molar-refractivity contribution is 0.114. The molecule has 7 nitrogen and oxygen atoms in total. The third kappa shape index (κ3) is 3.13. The molecule has 0 aliphatic carbocycles. The molecule has 0 bridgehead atoms. The van der Waals surface area contributed by atoms with Crippen LogP contribution in [0.25, 0.3) is 0 Å². The van der Waals surface area contributed by atoms with Crippen molar-refractivity contribution < 1.29 is 17.7 Å². The maximum Gasteiger partial charge on any atom is 0.246 e. The number of hydrogen-bond acceptors (Lipinski definition) is 7. The molecule has 0 spiro atoms. The highest BCUT2D eigenvalue weighted by atomic mass is 35.5. The molecule has 0 N–H and O–H groups in total. The van der Waals surface area contributed by atoms with E-state index >= 15 is 0 Å². The maximum atomic E-state index is 13.0. The largest absolute Gasteiger partial charge is 0.380 e. The minimum absolute atomic E-state index is 0.0212. The lowest BCUT2D eigenvalue weighted by atomic mass is 10.2. The summed E-state index contributed by atoms with van der Waals surface area (Å²) in [4.78, 5) is 4.13. The third-order valence-corrected chi connectivity index (χ3v) is 7.22. The van der Waals surface area contributed by atoms with Crippen molar-refractivity contribution in [3.63, 3.8) is 0 Å². The topological polar surface area (TPSA) is 85.5 Å². The molecule has 1 aliphatic heterocycles. The Hall–Kier alpha value is -0.710. The Bertz CT molecular complexity index is 820. The summed E-state index contributed by atoms with van der Waals surface area (Å²) >= 11 is 12.9. The van der Waals surface area contributed by atoms with Crippen LogP contribution in [0.5, 0.6) is 0 Å². The van der Waals surface area contributed by atoms with Gasteiger partial charge in [-0.15, -0.1) is 11.3 Å². The number of nitrogens with zero attached hydrogens (tertiary/aromatic N) is 3. The van der Waals surface area contributed by atoms with Crippen molar-refractivity contribution in [2.75, 3.05) is 13.7 Å². The number of hydrogen-bond donors (Lipinski definition) is 0.